The van der Waals surface area contributed by atoms with Gasteiger partial charge in [-0.3, -0.25) is 0 Å². The van der Waals surface area contributed by atoms with E-state index in [-0.39, 0.29) is 0 Å². The van der Waals surface area contributed by atoms with Crippen molar-refractivity contribution in [2.24, 2.45) is 0 Å². The van der Waals surface area contributed by atoms with Gasteiger partial charge in [0.1, 0.15) is 11.4 Å². The maximum absolute atomic E-state index is 4.43. The third-order valence-corrected chi connectivity index (χ3v) is 4.02. The molecule has 0 amide bonds. The van der Waals surface area contributed by atoms with Gasteiger partial charge in [-0.15, -0.1) is 11.8 Å². The van der Waals surface area contributed by atoms with Crippen molar-refractivity contribution in [2.45, 2.75) is 11.9 Å². The molecule has 4 nitrogen and oxygen atoms in total. The minimum atomic E-state index is 0.829. The van der Waals surface area contributed by atoms with Crippen LogP contribution in [-0.4, -0.2) is 25.5 Å². The zero-order chi connectivity index (χ0) is 13.9. The molecule has 0 radical (unpaired) electrons. The standard InChI is InChI=1S/C15H14N4S/c1-11(2)9-20-15-13-8-18-19(14(13)16-10-17-15)12-6-4-3-5-7-12/h3-8,10H,1,9H2,2H3. The molecular weight excluding hydrogens is 268 g/mol. The van der Waals surface area contributed by atoms with Crippen molar-refractivity contribution in [3.63, 3.8) is 0 Å². The Labute approximate surface area is 121 Å². The Kier molecular flexibility index (Phi) is 3.52. The Balaban J connectivity index is 2.06. The van der Waals surface area contributed by atoms with Gasteiger partial charge >= 0.3 is 0 Å². The molecule has 0 aliphatic rings. The number of aromatic nitrogens is 4. The van der Waals surface area contributed by atoms with Gasteiger partial charge in [-0.25, -0.2) is 14.6 Å². The summed E-state index contributed by atoms with van der Waals surface area (Å²) < 4.78 is 1.84. The number of para-hydroxylation sites is 1. The van der Waals surface area contributed by atoms with Crippen molar-refractivity contribution >= 4 is 22.8 Å². The second-order valence-electron chi connectivity index (χ2n) is 4.55. The van der Waals surface area contributed by atoms with Gasteiger partial charge in [0.15, 0.2) is 5.65 Å². The quantitative estimate of drug-likeness (QED) is 0.417. The predicted molar refractivity (Wildman–Crippen MR) is 82.2 cm³/mol. The summed E-state index contributed by atoms with van der Waals surface area (Å²) in [5, 5.41) is 6.35. The van der Waals surface area contributed by atoms with Crippen LogP contribution in [0.3, 0.4) is 0 Å². The summed E-state index contributed by atoms with van der Waals surface area (Å²) in [5.41, 5.74) is 2.95. The minimum Gasteiger partial charge on any atom is -0.229 e. The van der Waals surface area contributed by atoms with Crippen molar-refractivity contribution in [3.05, 3.63) is 55.0 Å². The topological polar surface area (TPSA) is 43.6 Å². The maximum Gasteiger partial charge on any atom is 0.167 e. The molecule has 1 aromatic carbocycles. The van der Waals surface area contributed by atoms with E-state index >= 15 is 0 Å². The van der Waals surface area contributed by atoms with Crippen LogP contribution >= 0.6 is 11.8 Å². The van der Waals surface area contributed by atoms with Crippen LogP contribution in [0.5, 0.6) is 0 Å². The van der Waals surface area contributed by atoms with Gasteiger partial charge in [-0.05, 0) is 19.1 Å². The van der Waals surface area contributed by atoms with Gasteiger partial charge in [0.2, 0.25) is 0 Å². The summed E-state index contributed by atoms with van der Waals surface area (Å²) in [4.78, 5) is 8.70. The van der Waals surface area contributed by atoms with Crippen LogP contribution in [0.2, 0.25) is 0 Å². The summed E-state index contributed by atoms with van der Waals surface area (Å²) in [5.74, 6) is 0.850. The fraction of sp³-hybridized carbons (Fsp3) is 0.133. The zero-order valence-corrected chi connectivity index (χ0v) is 12.0. The van der Waals surface area contributed by atoms with Gasteiger partial charge in [-0.2, -0.15) is 5.10 Å². The molecule has 0 aliphatic carbocycles. The Morgan fingerprint density at radius 1 is 1.25 bits per heavy atom. The normalized spacial score (nSPS) is 10.8. The molecule has 0 saturated heterocycles. The molecule has 0 atom stereocenters. The van der Waals surface area contributed by atoms with Crippen LogP contribution in [0.15, 0.2) is 60.0 Å². The van der Waals surface area contributed by atoms with E-state index in [0.717, 1.165) is 33.1 Å². The van der Waals surface area contributed by atoms with E-state index in [2.05, 4.69) is 21.6 Å². The first-order valence-electron chi connectivity index (χ1n) is 6.27. The third-order valence-electron chi connectivity index (χ3n) is 2.79. The average molecular weight is 282 g/mol. The van der Waals surface area contributed by atoms with E-state index in [1.165, 1.54) is 0 Å². The van der Waals surface area contributed by atoms with Crippen LogP contribution < -0.4 is 0 Å². The lowest BCUT2D eigenvalue weighted by Crippen LogP contribution is -1.97. The molecule has 2 heterocycles. The Morgan fingerprint density at radius 3 is 2.80 bits per heavy atom. The molecule has 0 N–H and O–H groups in total. The Morgan fingerprint density at radius 2 is 2.05 bits per heavy atom. The molecule has 0 aliphatic heterocycles. The SMILES string of the molecule is C=C(C)CSc1ncnc2c1cnn2-c1ccccc1. The predicted octanol–water partition coefficient (Wildman–Crippen LogP) is 3.48. The third kappa shape index (κ3) is 2.44. The molecular formula is C15H14N4S. The lowest BCUT2D eigenvalue weighted by Gasteiger charge is -2.03. The second kappa shape index (κ2) is 5.46. The number of hydrogen-bond donors (Lipinski definition) is 0. The smallest absolute Gasteiger partial charge is 0.167 e. The highest BCUT2D eigenvalue weighted by Gasteiger charge is 2.11. The second-order valence-corrected chi connectivity index (χ2v) is 5.52. The molecule has 0 spiro atoms. The molecule has 0 fully saturated rings. The van der Waals surface area contributed by atoms with Gasteiger partial charge < -0.3 is 0 Å². The van der Waals surface area contributed by atoms with Crippen LogP contribution in [0, 0.1) is 0 Å². The van der Waals surface area contributed by atoms with E-state index < -0.39 is 0 Å². The fourth-order valence-electron chi connectivity index (χ4n) is 1.89. The molecule has 0 saturated carbocycles. The molecule has 0 bridgehead atoms. The highest BCUT2D eigenvalue weighted by molar-refractivity contribution is 7.99. The van der Waals surface area contributed by atoms with Crippen molar-refractivity contribution in [3.8, 4) is 5.69 Å². The Bertz CT molecular complexity index is 749. The van der Waals surface area contributed by atoms with E-state index in [4.69, 9.17) is 0 Å². The van der Waals surface area contributed by atoms with E-state index in [9.17, 15) is 0 Å². The van der Waals surface area contributed by atoms with E-state index in [0.29, 0.717) is 0 Å². The first-order chi connectivity index (χ1) is 9.75. The fourth-order valence-corrected chi connectivity index (χ4v) is 2.69. The van der Waals surface area contributed by atoms with Crippen molar-refractivity contribution in [2.75, 3.05) is 5.75 Å². The monoisotopic (exact) mass is 282 g/mol. The highest BCUT2D eigenvalue weighted by atomic mass is 32.2. The summed E-state index contributed by atoms with van der Waals surface area (Å²) in [6.07, 6.45) is 3.41. The first-order valence-corrected chi connectivity index (χ1v) is 7.25. The number of hydrogen-bond acceptors (Lipinski definition) is 4. The molecule has 5 heteroatoms. The minimum absolute atomic E-state index is 0.829. The summed E-state index contributed by atoms with van der Waals surface area (Å²) in [6.45, 7) is 5.93. The Hall–Kier alpha value is -2.14. The average Bonchev–Trinajstić information content (AvgIpc) is 2.90. The summed E-state index contributed by atoms with van der Waals surface area (Å²) >= 11 is 1.66. The summed E-state index contributed by atoms with van der Waals surface area (Å²) in [7, 11) is 0. The van der Waals surface area contributed by atoms with Gasteiger partial charge in [0.25, 0.3) is 0 Å². The lowest BCUT2D eigenvalue weighted by molar-refractivity contribution is 0.893. The van der Waals surface area contributed by atoms with Crippen molar-refractivity contribution in [1.29, 1.82) is 0 Å². The molecule has 2 aromatic heterocycles. The highest BCUT2D eigenvalue weighted by Crippen LogP contribution is 2.26. The van der Waals surface area contributed by atoms with E-state index in [1.54, 1.807) is 18.1 Å². The number of nitrogens with zero attached hydrogens (tertiary/aromatic N) is 4. The zero-order valence-electron chi connectivity index (χ0n) is 11.2. The first kappa shape index (κ1) is 12.9. The number of fused-ring (bicyclic) bond motifs is 1. The number of thioether (sulfide) groups is 1. The van der Waals surface area contributed by atoms with Crippen LogP contribution in [-0.2, 0) is 0 Å². The van der Waals surface area contributed by atoms with E-state index in [1.807, 2.05) is 48.1 Å². The van der Waals surface area contributed by atoms with Gasteiger partial charge in [0.05, 0.1) is 17.3 Å². The molecule has 3 rings (SSSR count). The van der Waals surface area contributed by atoms with Crippen LogP contribution in [0.25, 0.3) is 16.7 Å². The number of benzene rings is 1. The van der Waals surface area contributed by atoms with Crippen molar-refractivity contribution in [1.82, 2.24) is 19.7 Å². The lowest BCUT2D eigenvalue weighted by atomic mass is 10.3. The maximum atomic E-state index is 4.43. The summed E-state index contributed by atoms with van der Waals surface area (Å²) in [6, 6.07) is 9.98. The molecule has 3 aromatic rings. The van der Waals surface area contributed by atoms with Crippen LogP contribution in [0.4, 0.5) is 0 Å². The largest absolute Gasteiger partial charge is 0.229 e. The van der Waals surface area contributed by atoms with Crippen LogP contribution in [0.1, 0.15) is 6.92 Å². The molecule has 0 unspecified atom stereocenters. The molecule has 20 heavy (non-hydrogen) atoms. The van der Waals surface area contributed by atoms with Crippen molar-refractivity contribution < 1.29 is 0 Å². The molecule has 100 valence electrons. The van der Waals surface area contributed by atoms with Gasteiger partial charge in [0, 0.05) is 5.75 Å². The van der Waals surface area contributed by atoms with Gasteiger partial charge in [-0.1, -0.05) is 30.4 Å². The number of rotatable bonds is 4.